The van der Waals surface area contributed by atoms with Crippen LogP contribution in [0.2, 0.25) is 0 Å². The molecule has 2 rings (SSSR count). The van der Waals surface area contributed by atoms with Crippen LogP contribution in [0.3, 0.4) is 0 Å². The summed E-state index contributed by atoms with van der Waals surface area (Å²) in [6.07, 6.45) is 6.40. The van der Waals surface area contributed by atoms with Crippen molar-refractivity contribution < 1.29 is 0 Å². The second kappa shape index (κ2) is 3.74. The molecule has 0 radical (unpaired) electrons. The maximum absolute atomic E-state index is 5.20. The van der Waals surface area contributed by atoms with Crippen LogP contribution in [0.5, 0.6) is 0 Å². The minimum absolute atomic E-state index is 0.487. The molecule has 1 aromatic heterocycles. The number of hydrogen-bond donors (Lipinski definition) is 3. The van der Waals surface area contributed by atoms with Crippen LogP contribution in [0.1, 0.15) is 43.8 Å². The number of hydrazine groups is 1. The van der Waals surface area contributed by atoms with Crippen LogP contribution in [0.15, 0.2) is 0 Å². The number of rotatable bonds is 2. The molecule has 0 atom stereocenters. The summed E-state index contributed by atoms with van der Waals surface area (Å²) in [5.41, 5.74) is 2.43. The fourth-order valence-electron chi connectivity index (χ4n) is 1.90. The van der Waals surface area contributed by atoms with Crippen LogP contribution in [-0.2, 0) is 0 Å². The molecule has 0 spiro atoms. The molecule has 0 aromatic carbocycles. The average Bonchev–Trinajstić information content (AvgIpc) is 2.67. The average molecular weight is 181 g/mol. The van der Waals surface area contributed by atoms with Gasteiger partial charge in [-0.3, -0.25) is 10.5 Å². The minimum Gasteiger partial charge on any atom is -0.291 e. The Kier molecular flexibility index (Phi) is 2.44. The molecular formula is C8H15N5. The van der Waals surface area contributed by atoms with E-state index in [1.165, 1.54) is 32.1 Å². The number of H-pyrrole nitrogens is 1. The predicted molar refractivity (Wildman–Crippen MR) is 50.0 cm³/mol. The maximum Gasteiger partial charge on any atom is 0.256 e. The smallest absolute Gasteiger partial charge is 0.256 e. The van der Waals surface area contributed by atoms with Crippen molar-refractivity contribution in [1.29, 1.82) is 0 Å². The molecule has 0 amide bonds. The van der Waals surface area contributed by atoms with Crippen molar-refractivity contribution in [1.82, 2.24) is 15.2 Å². The fourth-order valence-corrected chi connectivity index (χ4v) is 1.90. The van der Waals surface area contributed by atoms with Crippen molar-refractivity contribution in [2.75, 3.05) is 5.43 Å². The standard InChI is InChI=1S/C8H15N5/c9-11-8-10-7(12-13-8)6-4-2-1-3-5-6/h6H,1-5,9H2,(H2,10,11,12,13). The Labute approximate surface area is 77.1 Å². The lowest BCUT2D eigenvalue weighted by molar-refractivity contribution is 0.429. The van der Waals surface area contributed by atoms with Gasteiger partial charge in [0.05, 0.1) is 0 Å². The third kappa shape index (κ3) is 1.80. The van der Waals surface area contributed by atoms with E-state index in [0.29, 0.717) is 11.9 Å². The molecule has 1 saturated carbocycles. The van der Waals surface area contributed by atoms with Gasteiger partial charge in [0.1, 0.15) is 5.82 Å². The highest BCUT2D eigenvalue weighted by Crippen LogP contribution is 2.30. The van der Waals surface area contributed by atoms with Gasteiger partial charge < -0.3 is 0 Å². The van der Waals surface area contributed by atoms with Crippen LogP contribution in [0, 0.1) is 0 Å². The maximum atomic E-state index is 5.20. The lowest BCUT2D eigenvalue weighted by Gasteiger charge is -2.18. The molecule has 0 saturated heterocycles. The first-order valence-electron chi connectivity index (χ1n) is 4.79. The Balaban J connectivity index is 2.05. The molecule has 72 valence electrons. The molecule has 1 aliphatic carbocycles. The van der Waals surface area contributed by atoms with Crippen LogP contribution >= 0.6 is 0 Å². The first kappa shape index (κ1) is 8.50. The van der Waals surface area contributed by atoms with Gasteiger partial charge >= 0.3 is 0 Å². The Morgan fingerprint density at radius 3 is 2.69 bits per heavy atom. The minimum atomic E-state index is 0.487. The van der Waals surface area contributed by atoms with Crippen molar-refractivity contribution in [3.05, 3.63) is 5.82 Å². The third-order valence-electron chi connectivity index (χ3n) is 2.62. The highest BCUT2D eigenvalue weighted by molar-refractivity contribution is 5.20. The number of nitrogens with zero attached hydrogens (tertiary/aromatic N) is 2. The van der Waals surface area contributed by atoms with Crippen molar-refractivity contribution in [2.24, 2.45) is 5.84 Å². The second-order valence-corrected chi connectivity index (χ2v) is 3.52. The molecule has 1 aliphatic rings. The van der Waals surface area contributed by atoms with Gasteiger partial charge in [-0.25, -0.2) is 5.84 Å². The zero-order valence-electron chi connectivity index (χ0n) is 7.58. The van der Waals surface area contributed by atoms with E-state index in [1.54, 1.807) is 0 Å². The van der Waals surface area contributed by atoms with Crippen molar-refractivity contribution in [2.45, 2.75) is 38.0 Å². The summed E-state index contributed by atoms with van der Waals surface area (Å²) in [6.45, 7) is 0. The zero-order chi connectivity index (χ0) is 9.10. The van der Waals surface area contributed by atoms with E-state index in [0.717, 1.165) is 5.82 Å². The first-order chi connectivity index (χ1) is 6.40. The van der Waals surface area contributed by atoms with Gasteiger partial charge in [-0.1, -0.05) is 19.3 Å². The quantitative estimate of drug-likeness (QED) is 0.472. The SMILES string of the molecule is NNc1n[nH]c(C2CCCCC2)n1. The fraction of sp³-hybridized carbons (Fsp3) is 0.750. The van der Waals surface area contributed by atoms with Crippen LogP contribution < -0.4 is 11.3 Å². The van der Waals surface area contributed by atoms with E-state index in [-0.39, 0.29) is 0 Å². The molecule has 13 heavy (non-hydrogen) atoms. The van der Waals surface area contributed by atoms with E-state index < -0.39 is 0 Å². The Hall–Kier alpha value is -1.10. The highest BCUT2D eigenvalue weighted by Gasteiger charge is 2.18. The monoisotopic (exact) mass is 181 g/mol. The molecule has 5 heteroatoms. The lowest BCUT2D eigenvalue weighted by Crippen LogP contribution is -2.09. The molecule has 0 aliphatic heterocycles. The van der Waals surface area contributed by atoms with E-state index in [9.17, 15) is 0 Å². The summed E-state index contributed by atoms with van der Waals surface area (Å²) >= 11 is 0. The molecule has 0 bridgehead atoms. The molecule has 4 N–H and O–H groups in total. The normalized spacial score (nSPS) is 18.8. The Morgan fingerprint density at radius 1 is 1.31 bits per heavy atom. The lowest BCUT2D eigenvalue weighted by atomic mass is 9.89. The molecule has 5 nitrogen and oxygen atoms in total. The van der Waals surface area contributed by atoms with Crippen LogP contribution in [0.25, 0.3) is 0 Å². The van der Waals surface area contributed by atoms with E-state index in [4.69, 9.17) is 5.84 Å². The van der Waals surface area contributed by atoms with Crippen molar-refractivity contribution in [3.8, 4) is 0 Å². The summed E-state index contributed by atoms with van der Waals surface area (Å²) in [5, 5.41) is 6.86. The van der Waals surface area contributed by atoms with Crippen LogP contribution in [0.4, 0.5) is 5.95 Å². The zero-order valence-corrected chi connectivity index (χ0v) is 7.58. The third-order valence-corrected chi connectivity index (χ3v) is 2.62. The highest BCUT2D eigenvalue weighted by atomic mass is 15.4. The number of hydrogen-bond acceptors (Lipinski definition) is 4. The number of nitrogens with one attached hydrogen (secondary N) is 2. The molecule has 1 heterocycles. The van der Waals surface area contributed by atoms with Gasteiger partial charge in [-0.05, 0) is 12.8 Å². The van der Waals surface area contributed by atoms with Gasteiger partial charge in [0.25, 0.3) is 5.95 Å². The Morgan fingerprint density at radius 2 is 2.08 bits per heavy atom. The predicted octanol–water partition coefficient (Wildman–Crippen LogP) is 1.14. The molecule has 1 aromatic rings. The van der Waals surface area contributed by atoms with Crippen molar-refractivity contribution in [3.63, 3.8) is 0 Å². The molecule has 0 unspecified atom stereocenters. The van der Waals surface area contributed by atoms with E-state index in [2.05, 4.69) is 20.6 Å². The molecule has 1 fully saturated rings. The number of anilines is 1. The summed E-state index contributed by atoms with van der Waals surface area (Å²) in [4.78, 5) is 4.25. The van der Waals surface area contributed by atoms with Crippen LogP contribution in [-0.4, -0.2) is 15.2 Å². The number of nitrogens with two attached hydrogens (primary N) is 1. The number of aromatic nitrogens is 3. The first-order valence-corrected chi connectivity index (χ1v) is 4.79. The Bertz CT molecular complexity index is 263. The second-order valence-electron chi connectivity index (χ2n) is 3.52. The summed E-state index contributed by atoms with van der Waals surface area (Å²) in [6, 6.07) is 0. The number of nitrogen functional groups attached to an aromatic ring is 1. The van der Waals surface area contributed by atoms with E-state index in [1.807, 2.05) is 0 Å². The van der Waals surface area contributed by atoms with Gasteiger partial charge in [0.15, 0.2) is 0 Å². The van der Waals surface area contributed by atoms with E-state index >= 15 is 0 Å². The van der Waals surface area contributed by atoms with Crippen molar-refractivity contribution >= 4 is 5.95 Å². The summed E-state index contributed by atoms with van der Waals surface area (Å²) in [7, 11) is 0. The number of aromatic amines is 1. The van der Waals surface area contributed by atoms with Gasteiger partial charge in [-0.15, -0.1) is 5.10 Å². The van der Waals surface area contributed by atoms with Gasteiger partial charge in [0.2, 0.25) is 0 Å². The summed E-state index contributed by atoms with van der Waals surface area (Å²) in [5.74, 6) is 7.22. The molecular weight excluding hydrogens is 166 g/mol. The van der Waals surface area contributed by atoms with Gasteiger partial charge in [0, 0.05) is 5.92 Å². The largest absolute Gasteiger partial charge is 0.291 e. The summed E-state index contributed by atoms with van der Waals surface area (Å²) < 4.78 is 0. The van der Waals surface area contributed by atoms with Gasteiger partial charge in [-0.2, -0.15) is 4.98 Å². The topological polar surface area (TPSA) is 79.6 Å².